The number of anilines is 9. The first kappa shape index (κ1) is 66.3. The number of hydrogen-bond donors (Lipinski definition) is 0. The average Bonchev–Trinajstić information content (AvgIpc) is 0.753. The highest BCUT2D eigenvalue weighted by atomic mass is 19.1. The van der Waals surface area contributed by atoms with Gasteiger partial charge in [-0.2, -0.15) is 0 Å². The van der Waals surface area contributed by atoms with Crippen LogP contribution in [-0.4, -0.2) is 33.8 Å². The summed E-state index contributed by atoms with van der Waals surface area (Å²) in [5.41, 5.74) is 22.0. The fourth-order valence-corrected chi connectivity index (χ4v) is 20.0. The van der Waals surface area contributed by atoms with E-state index in [4.69, 9.17) is 14.2 Å². The fraction of sp³-hybridized carbons (Fsp3) is 0. The van der Waals surface area contributed by atoms with E-state index >= 15 is 17.6 Å². The number of nitrogens with zero attached hydrogens (tertiary/aromatic N) is 6. The van der Waals surface area contributed by atoms with Gasteiger partial charge in [0.2, 0.25) is 0 Å². The van der Waals surface area contributed by atoms with E-state index in [0.717, 1.165) is 139 Å². The smallest absolute Gasteiger partial charge is 0.260 e. The van der Waals surface area contributed by atoms with Crippen LogP contribution in [0.5, 0.6) is 34.5 Å². The molecule has 552 valence electrons. The molecule has 0 saturated heterocycles. The molecular formula is C102H59B3F4N6O3. The molecule has 0 spiro atoms. The van der Waals surface area contributed by atoms with Gasteiger partial charge >= 0.3 is 0 Å². The monoisotopic (exact) mass is 1520 g/mol. The van der Waals surface area contributed by atoms with Crippen LogP contribution in [0.4, 0.5) is 68.7 Å². The second-order valence-corrected chi connectivity index (χ2v) is 31.1. The van der Waals surface area contributed by atoms with Gasteiger partial charge in [0, 0.05) is 91.8 Å². The third kappa shape index (κ3) is 9.59. The molecule has 0 aliphatic carbocycles. The molecule has 3 aromatic heterocycles. The first-order chi connectivity index (χ1) is 58.2. The summed E-state index contributed by atoms with van der Waals surface area (Å²) in [5.74, 6) is -0.0869. The Morgan fingerprint density at radius 1 is 0.212 bits per heavy atom. The topological polar surface area (TPSA) is 52.2 Å². The third-order valence-electron chi connectivity index (χ3n) is 24.8. The van der Waals surface area contributed by atoms with E-state index in [0.29, 0.717) is 68.4 Å². The molecule has 6 aliphatic rings. The minimum Gasteiger partial charge on any atom is -0.458 e. The summed E-state index contributed by atoms with van der Waals surface area (Å²) in [5, 5.41) is 3.03. The first-order valence-corrected chi connectivity index (χ1v) is 39.6. The van der Waals surface area contributed by atoms with E-state index in [1.54, 1.807) is 9.80 Å². The van der Waals surface area contributed by atoms with Crippen LogP contribution in [0.1, 0.15) is 0 Å². The van der Waals surface area contributed by atoms with Gasteiger partial charge in [-0.05, 0) is 164 Å². The van der Waals surface area contributed by atoms with Crippen LogP contribution in [0.15, 0.2) is 358 Å². The Hall–Kier alpha value is -15.1. The lowest BCUT2D eigenvalue weighted by atomic mass is 9.29. The van der Waals surface area contributed by atoms with Crippen molar-refractivity contribution in [3.8, 4) is 85.3 Å². The summed E-state index contributed by atoms with van der Waals surface area (Å²) >= 11 is 0. The van der Waals surface area contributed by atoms with Crippen molar-refractivity contribution in [1.82, 2.24) is 13.7 Å². The predicted molar refractivity (Wildman–Crippen MR) is 471 cm³/mol. The number of para-hydroxylation sites is 8. The van der Waals surface area contributed by atoms with E-state index in [1.807, 2.05) is 146 Å². The molecule has 6 aliphatic heterocycles. The molecule has 16 heteroatoms. The van der Waals surface area contributed by atoms with Crippen LogP contribution in [0.25, 0.3) is 83.5 Å². The lowest BCUT2D eigenvalue weighted by molar-refractivity contribution is 0.464. The highest BCUT2D eigenvalue weighted by Crippen LogP contribution is 2.52. The van der Waals surface area contributed by atoms with Crippen molar-refractivity contribution in [2.45, 2.75) is 0 Å². The van der Waals surface area contributed by atoms with Gasteiger partial charge in [0.1, 0.15) is 69.1 Å². The van der Waals surface area contributed by atoms with Crippen LogP contribution in [0, 0.1) is 23.3 Å². The maximum Gasteiger partial charge on any atom is 0.260 e. The van der Waals surface area contributed by atoms with E-state index in [1.165, 1.54) is 36.4 Å². The number of benzene rings is 16. The molecule has 25 rings (SSSR count). The Kier molecular flexibility index (Phi) is 14.1. The van der Waals surface area contributed by atoms with Crippen molar-refractivity contribution in [2.75, 3.05) is 14.7 Å². The molecule has 0 bridgehead atoms. The molecule has 16 aromatic carbocycles. The van der Waals surface area contributed by atoms with Crippen molar-refractivity contribution in [3.63, 3.8) is 0 Å². The second kappa shape index (κ2) is 25.2. The fourth-order valence-electron chi connectivity index (χ4n) is 20.0. The molecule has 9 nitrogen and oxygen atoms in total. The van der Waals surface area contributed by atoms with Gasteiger partial charge in [-0.15, -0.1) is 0 Å². The van der Waals surface area contributed by atoms with Gasteiger partial charge in [0.05, 0.1) is 50.7 Å². The number of ether oxygens (including phenoxy) is 3. The van der Waals surface area contributed by atoms with Crippen LogP contribution >= 0.6 is 0 Å². The summed E-state index contributed by atoms with van der Waals surface area (Å²) in [4.78, 5) is 5.81. The Balaban J connectivity index is 0.776. The van der Waals surface area contributed by atoms with E-state index in [9.17, 15) is 0 Å². The summed E-state index contributed by atoms with van der Waals surface area (Å²) in [6.45, 7) is -1.86. The largest absolute Gasteiger partial charge is 0.458 e. The number of aromatic nitrogens is 3. The molecule has 0 unspecified atom stereocenters. The minimum atomic E-state index is -0.775. The second-order valence-electron chi connectivity index (χ2n) is 31.1. The van der Waals surface area contributed by atoms with E-state index < -0.39 is 43.4 Å². The highest BCUT2D eigenvalue weighted by molar-refractivity contribution is 7.03. The van der Waals surface area contributed by atoms with Crippen LogP contribution in [0.3, 0.4) is 0 Å². The summed E-state index contributed by atoms with van der Waals surface area (Å²) in [7, 11) is 0. The van der Waals surface area contributed by atoms with Crippen molar-refractivity contribution in [3.05, 3.63) is 381 Å². The predicted octanol–water partition coefficient (Wildman–Crippen LogP) is 20.3. The summed E-state index contributed by atoms with van der Waals surface area (Å²) < 4.78 is 101. The molecule has 9 heterocycles. The van der Waals surface area contributed by atoms with Gasteiger partial charge in [0.25, 0.3) is 20.1 Å². The molecule has 0 saturated carbocycles. The maximum atomic E-state index is 18.1. The Morgan fingerprint density at radius 2 is 0.568 bits per heavy atom. The zero-order chi connectivity index (χ0) is 77.9. The van der Waals surface area contributed by atoms with Crippen molar-refractivity contribution < 1.29 is 31.8 Å². The standard InChI is InChI=1S/C102H59B3F4N6O3/c106-76-38-23-39-77(107)101(76)114-87-58-93-74(56-72(87)103-70-36-16-21-45-83(70)110(66-34-11-4-12-35-66)89-50-67(51-90(114)98(89)103)111-80-42-18-13-31-63(80)47-84(111)60-25-5-1-6-26-60)105-75-57-73-88(59-94(75)118-97-55-69(54-96(117-93)100(97)105)113-82-44-20-15-33-65(82)49-86(113)62-29-9-3-10-30-62)115(102-78(108)40-24-41-79(102)109)91-52-68(53-95-99(91)104(73)71-37-17-22-46-92(71)116-95)112-81-43-19-14-32-64(81)48-85(112)61-27-7-2-8-28-61/h1-59H. The molecule has 0 N–H and O–H groups in total. The zero-order valence-corrected chi connectivity index (χ0v) is 62.7. The highest BCUT2D eigenvalue weighted by Gasteiger charge is 2.51. The number of rotatable bonds is 9. The van der Waals surface area contributed by atoms with Gasteiger partial charge in [0.15, 0.2) is 0 Å². The van der Waals surface area contributed by atoms with Crippen molar-refractivity contribution in [2.24, 2.45) is 0 Å². The van der Waals surface area contributed by atoms with Crippen molar-refractivity contribution in [1.29, 1.82) is 0 Å². The minimum absolute atomic E-state index is 0.262. The molecule has 0 atom stereocenters. The molecule has 0 fully saturated rings. The first-order valence-electron chi connectivity index (χ1n) is 39.6. The van der Waals surface area contributed by atoms with Gasteiger partial charge in [-0.25, -0.2) is 17.6 Å². The average molecular weight is 1530 g/mol. The van der Waals surface area contributed by atoms with Crippen molar-refractivity contribution >= 4 is 153 Å². The SMILES string of the molecule is Fc1cccc(F)c1N1c2cc3c(cc2B2c4ccccc4Oc4cc(-n5c(-c6ccccc6)cc6ccccc65)cc1c42)B1c2cc4c(cc2Oc2cc(-n5c(-c6ccccc6)cc6ccccc65)cc(c21)O3)N(c1c(F)cccc1F)c1cc(-n2c(-c3ccccc3)cc3ccccc32)cc2c1B4c1ccccc1N2c1ccccc1. The Labute approximate surface area is 675 Å². The molecule has 0 amide bonds. The third-order valence-corrected chi connectivity index (χ3v) is 24.8. The molecular weight excluding hydrogens is 1470 g/mol. The van der Waals surface area contributed by atoms with Gasteiger partial charge in [-0.3, -0.25) is 0 Å². The van der Waals surface area contributed by atoms with Crippen LogP contribution < -0.4 is 78.1 Å². The van der Waals surface area contributed by atoms with Crippen LogP contribution in [-0.2, 0) is 0 Å². The quantitative estimate of drug-likeness (QED) is 0.106. The Morgan fingerprint density at radius 3 is 1.05 bits per heavy atom. The number of hydrogen-bond acceptors (Lipinski definition) is 6. The van der Waals surface area contributed by atoms with Crippen LogP contribution in [0.2, 0.25) is 0 Å². The molecule has 0 radical (unpaired) electrons. The normalized spacial score (nSPS) is 13.4. The number of fused-ring (bicyclic) bond motifs is 15. The summed E-state index contributed by atoms with van der Waals surface area (Å²) in [6, 6.07) is 118. The Bertz CT molecular complexity index is 7490. The lowest BCUT2D eigenvalue weighted by Crippen LogP contribution is -2.65. The van der Waals surface area contributed by atoms with Gasteiger partial charge < -0.3 is 42.6 Å². The summed E-state index contributed by atoms with van der Waals surface area (Å²) in [6.07, 6.45) is 0. The zero-order valence-electron chi connectivity index (χ0n) is 62.7. The molecule has 19 aromatic rings. The molecule has 118 heavy (non-hydrogen) atoms. The lowest BCUT2D eigenvalue weighted by Gasteiger charge is -2.45. The van der Waals surface area contributed by atoms with E-state index in [-0.39, 0.29) is 11.4 Å². The van der Waals surface area contributed by atoms with E-state index in [2.05, 4.69) is 195 Å². The maximum absolute atomic E-state index is 18.1. The van der Waals surface area contributed by atoms with Gasteiger partial charge in [-0.1, -0.05) is 224 Å². The number of halogens is 4.